The molecule has 1 unspecified atom stereocenters. The number of furan rings is 1. The van der Waals surface area contributed by atoms with Crippen molar-refractivity contribution in [2.45, 2.75) is 38.3 Å². The van der Waals surface area contributed by atoms with E-state index in [1.54, 1.807) is 6.26 Å². The number of likely N-dealkylation sites (tertiary alicyclic amines) is 1. The number of aromatic nitrogens is 1. The summed E-state index contributed by atoms with van der Waals surface area (Å²) in [5.41, 5.74) is 0.937. The summed E-state index contributed by atoms with van der Waals surface area (Å²) in [7, 11) is 0. The van der Waals surface area contributed by atoms with Crippen molar-refractivity contribution in [1.29, 1.82) is 0 Å². The molecule has 1 aliphatic rings. The highest BCUT2D eigenvalue weighted by Gasteiger charge is 2.25. The van der Waals surface area contributed by atoms with Crippen molar-refractivity contribution < 1.29 is 14.0 Å². The van der Waals surface area contributed by atoms with Crippen molar-refractivity contribution in [3.05, 3.63) is 30.2 Å². The van der Waals surface area contributed by atoms with Crippen LogP contribution >= 0.6 is 0 Å². The van der Waals surface area contributed by atoms with Crippen LogP contribution in [0.15, 0.2) is 33.4 Å². The molecule has 0 aromatic carbocycles. The lowest BCUT2D eigenvalue weighted by Gasteiger charge is -2.22. The van der Waals surface area contributed by atoms with Gasteiger partial charge >= 0.3 is 0 Å². The van der Waals surface area contributed by atoms with Crippen molar-refractivity contribution in [2.24, 2.45) is 0 Å². The zero-order valence-electron chi connectivity index (χ0n) is 11.5. The Kier molecular flexibility index (Phi) is 4.18. The molecule has 1 fully saturated rings. The Hall–Kier alpha value is -1.59. The number of hydrogen-bond acceptors (Lipinski definition) is 5. The number of aliphatic hydroxyl groups is 1. The Bertz CT molecular complexity index is 521. The first-order valence-electron chi connectivity index (χ1n) is 7.21. The minimum absolute atomic E-state index is 0.275. The van der Waals surface area contributed by atoms with Gasteiger partial charge in [-0.25, -0.2) is 0 Å². The van der Waals surface area contributed by atoms with Crippen LogP contribution in [0.4, 0.5) is 0 Å². The molecule has 0 saturated carbocycles. The van der Waals surface area contributed by atoms with Crippen LogP contribution in [0.5, 0.6) is 0 Å². The van der Waals surface area contributed by atoms with Gasteiger partial charge in [-0.15, -0.1) is 0 Å². The average Bonchev–Trinajstić information content (AvgIpc) is 3.18. The molecule has 2 aromatic heterocycles. The molecule has 20 heavy (non-hydrogen) atoms. The molecule has 2 aromatic rings. The molecule has 1 N–H and O–H groups in total. The van der Waals surface area contributed by atoms with Gasteiger partial charge < -0.3 is 14.0 Å². The fraction of sp³-hybridized carbons (Fsp3) is 0.533. The van der Waals surface area contributed by atoms with E-state index >= 15 is 0 Å². The van der Waals surface area contributed by atoms with Crippen LogP contribution in [0, 0.1) is 0 Å². The predicted octanol–water partition coefficient (Wildman–Crippen LogP) is 2.67. The summed E-state index contributed by atoms with van der Waals surface area (Å²) in [6.07, 6.45) is 5.99. The van der Waals surface area contributed by atoms with E-state index in [1.165, 1.54) is 12.8 Å². The van der Waals surface area contributed by atoms with Gasteiger partial charge in [-0.05, 0) is 44.4 Å². The molecule has 0 aliphatic carbocycles. The Morgan fingerprint density at radius 3 is 3.15 bits per heavy atom. The maximum Gasteiger partial charge on any atom is 0.202 e. The van der Waals surface area contributed by atoms with Gasteiger partial charge in [0, 0.05) is 25.3 Å². The maximum atomic E-state index is 8.96. The van der Waals surface area contributed by atoms with Crippen molar-refractivity contribution in [3.63, 3.8) is 0 Å². The monoisotopic (exact) mass is 276 g/mol. The van der Waals surface area contributed by atoms with Gasteiger partial charge in [0.1, 0.15) is 0 Å². The van der Waals surface area contributed by atoms with E-state index < -0.39 is 0 Å². The van der Waals surface area contributed by atoms with E-state index in [2.05, 4.69) is 10.1 Å². The third kappa shape index (κ3) is 2.94. The zero-order valence-corrected chi connectivity index (χ0v) is 11.5. The van der Waals surface area contributed by atoms with Crippen LogP contribution < -0.4 is 0 Å². The third-order valence-electron chi connectivity index (χ3n) is 3.88. The largest absolute Gasteiger partial charge is 0.461 e. The van der Waals surface area contributed by atoms with E-state index in [0.29, 0.717) is 17.6 Å². The molecule has 0 radical (unpaired) electrons. The third-order valence-corrected chi connectivity index (χ3v) is 3.88. The molecule has 0 bridgehead atoms. The lowest BCUT2D eigenvalue weighted by atomic mass is 10.1. The highest BCUT2D eigenvalue weighted by Crippen LogP contribution is 2.25. The maximum absolute atomic E-state index is 8.96. The number of rotatable bonds is 6. The van der Waals surface area contributed by atoms with Crippen molar-refractivity contribution in [3.8, 4) is 11.5 Å². The van der Waals surface area contributed by atoms with Crippen LogP contribution in [0.25, 0.3) is 11.5 Å². The molecule has 108 valence electrons. The summed E-state index contributed by atoms with van der Waals surface area (Å²) in [5, 5.41) is 13.1. The Morgan fingerprint density at radius 1 is 1.40 bits per heavy atom. The summed E-state index contributed by atoms with van der Waals surface area (Å²) in [6, 6.07) is 6.21. The lowest BCUT2D eigenvalue weighted by Crippen LogP contribution is -2.29. The van der Waals surface area contributed by atoms with Crippen molar-refractivity contribution in [1.82, 2.24) is 10.1 Å². The quantitative estimate of drug-likeness (QED) is 0.878. The van der Waals surface area contributed by atoms with E-state index in [1.807, 2.05) is 18.2 Å². The second-order valence-electron chi connectivity index (χ2n) is 5.29. The molecule has 5 nitrogen and oxygen atoms in total. The number of aliphatic hydroxyl groups excluding tert-OH is 1. The molecule has 3 rings (SSSR count). The molecule has 0 spiro atoms. The van der Waals surface area contributed by atoms with E-state index in [9.17, 15) is 0 Å². The fourth-order valence-corrected chi connectivity index (χ4v) is 2.89. The summed E-state index contributed by atoms with van der Waals surface area (Å²) >= 11 is 0. The second-order valence-corrected chi connectivity index (χ2v) is 5.29. The lowest BCUT2D eigenvalue weighted by molar-refractivity contribution is 0.206. The fourth-order valence-electron chi connectivity index (χ4n) is 2.89. The van der Waals surface area contributed by atoms with Crippen LogP contribution in [-0.4, -0.2) is 34.4 Å². The Morgan fingerprint density at radius 2 is 2.35 bits per heavy atom. The number of nitrogens with zero attached hydrogens (tertiary/aromatic N) is 2. The zero-order chi connectivity index (χ0) is 13.8. The summed E-state index contributed by atoms with van der Waals surface area (Å²) in [6.45, 7) is 2.18. The van der Waals surface area contributed by atoms with Crippen molar-refractivity contribution in [2.75, 3.05) is 13.2 Å². The minimum atomic E-state index is 0.275. The normalized spacial score (nSPS) is 19.8. The van der Waals surface area contributed by atoms with E-state index in [-0.39, 0.29) is 6.61 Å². The first-order valence-corrected chi connectivity index (χ1v) is 7.21. The van der Waals surface area contributed by atoms with Crippen molar-refractivity contribution >= 4 is 0 Å². The van der Waals surface area contributed by atoms with E-state index in [4.69, 9.17) is 14.0 Å². The first kappa shape index (κ1) is 13.4. The molecular formula is C15H20N2O3. The number of hydrogen-bond donors (Lipinski definition) is 1. The topological polar surface area (TPSA) is 62.6 Å². The van der Waals surface area contributed by atoms with Gasteiger partial charge in [0.2, 0.25) is 5.76 Å². The summed E-state index contributed by atoms with van der Waals surface area (Å²) in [4.78, 5) is 2.43. The second kappa shape index (κ2) is 6.24. The molecular weight excluding hydrogens is 256 g/mol. The highest BCUT2D eigenvalue weighted by atomic mass is 16.5. The molecule has 5 heteroatoms. The highest BCUT2D eigenvalue weighted by molar-refractivity contribution is 5.49. The van der Waals surface area contributed by atoms with Crippen LogP contribution in [0.2, 0.25) is 0 Å². The van der Waals surface area contributed by atoms with Crippen LogP contribution in [0.1, 0.15) is 31.4 Å². The summed E-state index contributed by atoms with van der Waals surface area (Å²) < 4.78 is 10.6. The minimum Gasteiger partial charge on any atom is -0.461 e. The van der Waals surface area contributed by atoms with Crippen LogP contribution in [-0.2, 0) is 6.54 Å². The van der Waals surface area contributed by atoms with Gasteiger partial charge in [0.05, 0.1) is 12.0 Å². The predicted molar refractivity (Wildman–Crippen MR) is 74.0 cm³/mol. The average molecular weight is 276 g/mol. The van der Waals surface area contributed by atoms with Gasteiger partial charge in [-0.3, -0.25) is 4.90 Å². The standard InChI is InChI=1S/C15H20N2O3/c18-8-2-5-13-4-1-7-17(13)11-12-10-15(20-16-12)14-6-3-9-19-14/h3,6,9-10,13,18H,1-2,4-5,7-8,11H2. The molecule has 1 saturated heterocycles. The molecule has 0 amide bonds. The Labute approximate surface area is 118 Å². The molecule has 1 atom stereocenters. The Balaban J connectivity index is 1.62. The summed E-state index contributed by atoms with van der Waals surface area (Å²) in [5.74, 6) is 1.39. The van der Waals surface area contributed by atoms with Gasteiger partial charge in [-0.2, -0.15) is 0 Å². The van der Waals surface area contributed by atoms with Gasteiger partial charge in [0.25, 0.3) is 0 Å². The smallest absolute Gasteiger partial charge is 0.202 e. The SMILES string of the molecule is OCCCC1CCCN1Cc1cc(-c2ccco2)on1. The van der Waals surface area contributed by atoms with Gasteiger partial charge in [0.15, 0.2) is 5.76 Å². The molecule has 3 heterocycles. The van der Waals surface area contributed by atoms with Gasteiger partial charge in [-0.1, -0.05) is 5.16 Å². The van der Waals surface area contributed by atoms with E-state index in [0.717, 1.165) is 31.6 Å². The molecule has 1 aliphatic heterocycles. The first-order chi connectivity index (χ1) is 9.86. The van der Waals surface area contributed by atoms with Crippen LogP contribution in [0.3, 0.4) is 0 Å².